The molecule has 0 spiro atoms. The molecule has 10 nitrogen and oxygen atoms in total. The Labute approximate surface area is 216 Å². The van der Waals surface area contributed by atoms with Crippen molar-refractivity contribution in [2.75, 3.05) is 13.1 Å². The molecule has 0 radical (unpaired) electrons. The highest BCUT2D eigenvalue weighted by molar-refractivity contribution is 5.73. The van der Waals surface area contributed by atoms with Crippen LogP contribution in [-0.2, 0) is 9.59 Å². The van der Waals surface area contributed by atoms with Gasteiger partial charge in [0.1, 0.15) is 0 Å². The molecule has 0 amide bonds. The fourth-order valence-corrected chi connectivity index (χ4v) is 3.42. The number of imidazole rings is 1. The van der Waals surface area contributed by atoms with Gasteiger partial charge in [-0.25, -0.2) is 29.5 Å². The SMILES string of the molecule is CC(C)N1CCC(n2cnc3ncc(-c4ccc(F)nc4)nc32)CC1.O=C(O)C(F)(F)F.O=C(O)C(F)(F)F. The third-order valence-electron chi connectivity index (χ3n) is 5.42. The molecule has 1 saturated heterocycles. The van der Waals surface area contributed by atoms with E-state index in [2.05, 4.69) is 38.3 Å². The highest BCUT2D eigenvalue weighted by Crippen LogP contribution is 2.27. The first-order chi connectivity index (χ1) is 18.0. The lowest BCUT2D eigenvalue weighted by Gasteiger charge is -2.35. The Kier molecular flexibility index (Phi) is 10.3. The molecule has 4 rings (SSSR count). The second-order valence-electron chi connectivity index (χ2n) is 8.39. The lowest BCUT2D eigenvalue weighted by molar-refractivity contribution is -0.193. The van der Waals surface area contributed by atoms with E-state index in [9.17, 15) is 30.7 Å². The number of carboxylic acids is 2. The monoisotopic (exact) mass is 568 g/mol. The van der Waals surface area contributed by atoms with Gasteiger partial charge >= 0.3 is 24.3 Å². The first kappa shape index (κ1) is 31.3. The summed E-state index contributed by atoms with van der Waals surface area (Å²) in [7, 11) is 0. The van der Waals surface area contributed by atoms with E-state index in [0.717, 1.165) is 37.1 Å². The van der Waals surface area contributed by atoms with Crippen LogP contribution in [0.1, 0.15) is 32.7 Å². The van der Waals surface area contributed by atoms with Gasteiger partial charge in [0.2, 0.25) is 5.95 Å². The minimum atomic E-state index is -5.08. The average molecular weight is 568 g/mol. The van der Waals surface area contributed by atoms with Crippen LogP contribution in [0.15, 0.2) is 30.9 Å². The minimum Gasteiger partial charge on any atom is -0.475 e. The van der Waals surface area contributed by atoms with Crippen molar-refractivity contribution in [2.24, 2.45) is 0 Å². The van der Waals surface area contributed by atoms with Crippen LogP contribution in [0.3, 0.4) is 0 Å². The number of hydrogen-bond donors (Lipinski definition) is 2. The summed E-state index contributed by atoms with van der Waals surface area (Å²) in [6, 6.07) is 3.97. The van der Waals surface area contributed by atoms with Crippen molar-refractivity contribution < 1.29 is 50.5 Å². The van der Waals surface area contributed by atoms with E-state index >= 15 is 0 Å². The Balaban J connectivity index is 0.000000317. The molecule has 0 saturated carbocycles. The molecule has 17 heteroatoms. The van der Waals surface area contributed by atoms with E-state index < -0.39 is 30.2 Å². The van der Waals surface area contributed by atoms with E-state index in [-0.39, 0.29) is 0 Å². The topological polar surface area (TPSA) is 134 Å². The molecule has 2 N–H and O–H groups in total. The number of rotatable bonds is 3. The van der Waals surface area contributed by atoms with Gasteiger partial charge in [0.05, 0.1) is 18.2 Å². The lowest BCUT2D eigenvalue weighted by atomic mass is 10.0. The first-order valence-corrected chi connectivity index (χ1v) is 11.2. The number of nitrogens with zero attached hydrogens (tertiary/aromatic N) is 6. The van der Waals surface area contributed by atoms with Crippen molar-refractivity contribution in [1.29, 1.82) is 0 Å². The molecule has 4 heterocycles. The van der Waals surface area contributed by atoms with Crippen LogP contribution >= 0.6 is 0 Å². The van der Waals surface area contributed by atoms with Gasteiger partial charge in [-0.1, -0.05) is 0 Å². The van der Waals surface area contributed by atoms with Crippen molar-refractivity contribution in [3.63, 3.8) is 0 Å². The molecule has 39 heavy (non-hydrogen) atoms. The number of carbonyl (C=O) groups is 2. The minimum absolute atomic E-state index is 0.385. The summed E-state index contributed by atoms with van der Waals surface area (Å²) < 4.78 is 78.6. The molecule has 1 aliphatic rings. The molecule has 3 aromatic rings. The van der Waals surface area contributed by atoms with Crippen LogP contribution in [0.4, 0.5) is 30.7 Å². The van der Waals surface area contributed by atoms with Crippen LogP contribution in [0.5, 0.6) is 0 Å². The van der Waals surface area contributed by atoms with Gasteiger partial charge in [-0.05, 0) is 38.8 Å². The summed E-state index contributed by atoms with van der Waals surface area (Å²) >= 11 is 0. The fourth-order valence-electron chi connectivity index (χ4n) is 3.42. The van der Waals surface area contributed by atoms with Gasteiger partial charge < -0.3 is 19.7 Å². The number of fused-ring (bicyclic) bond motifs is 1. The molecule has 3 aromatic heterocycles. The second-order valence-corrected chi connectivity index (χ2v) is 8.39. The highest BCUT2D eigenvalue weighted by Gasteiger charge is 2.38. The maximum absolute atomic E-state index is 13.0. The van der Waals surface area contributed by atoms with Gasteiger partial charge in [-0.2, -0.15) is 30.7 Å². The van der Waals surface area contributed by atoms with E-state index in [0.29, 0.717) is 23.4 Å². The number of carboxylic acid groups (broad SMARTS) is 2. The number of hydrogen-bond acceptors (Lipinski definition) is 7. The molecule has 0 aliphatic carbocycles. The number of pyridine rings is 1. The molecule has 0 bridgehead atoms. The van der Waals surface area contributed by atoms with Gasteiger partial charge in [0, 0.05) is 36.9 Å². The molecule has 0 unspecified atom stereocenters. The predicted octanol–water partition coefficient (Wildman–Crippen LogP) is 4.34. The largest absolute Gasteiger partial charge is 0.490 e. The van der Waals surface area contributed by atoms with Crippen LogP contribution in [0.2, 0.25) is 0 Å². The zero-order valence-corrected chi connectivity index (χ0v) is 20.4. The number of piperidine rings is 1. The van der Waals surface area contributed by atoms with Crippen LogP contribution in [0.25, 0.3) is 22.6 Å². The summed E-state index contributed by atoms with van der Waals surface area (Å²) in [6.07, 6.45) is -3.03. The number of likely N-dealkylation sites (tertiary alicyclic amines) is 1. The molecule has 0 aromatic carbocycles. The van der Waals surface area contributed by atoms with Crippen molar-refractivity contribution >= 4 is 23.2 Å². The quantitative estimate of drug-likeness (QED) is 0.350. The van der Waals surface area contributed by atoms with E-state index in [1.165, 1.54) is 12.3 Å². The Hall–Kier alpha value is -3.89. The number of aliphatic carboxylic acids is 2. The van der Waals surface area contributed by atoms with Crippen molar-refractivity contribution in [1.82, 2.24) is 29.4 Å². The van der Waals surface area contributed by atoms with Crippen LogP contribution in [-0.4, -0.2) is 83.0 Å². The normalized spacial score (nSPS) is 14.8. The molecule has 214 valence electrons. The third-order valence-corrected chi connectivity index (χ3v) is 5.42. The average Bonchev–Trinajstić information content (AvgIpc) is 3.27. The summed E-state index contributed by atoms with van der Waals surface area (Å²) in [4.78, 5) is 37.5. The summed E-state index contributed by atoms with van der Waals surface area (Å²) in [5.74, 6) is -6.01. The zero-order valence-electron chi connectivity index (χ0n) is 20.4. The molecule has 1 fully saturated rings. The molecular weight excluding hydrogens is 545 g/mol. The Morgan fingerprint density at radius 2 is 1.46 bits per heavy atom. The smallest absolute Gasteiger partial charge is 0.475 e. The number of alkyl halides is 6. The number of halogens is 7. The van der Waals surface area contributed by atoms with Gasteiger partial charge in [0.15, 0.2) is 11.3 Å². The van der Waals surface area contributed by atoms with Crippen molar-refractivity contribution in [3.05, 3.63) is 36.8 Å². The summed E-state index contributed by atoms with van der Waals surface area (Å²) in [6.45, 7) is 6.64. The maximum Gasteiger partial charge on any atom is 0.490 e. The number of aromatic nitrogens is 5. The maximum atomic E-state index is 13.0. The van der Waals surface area contributed by atoms with Crippen molar-refractivity contribution in [2.45, 2.75) is 51.1 Å². The standard InChI is InChI=1S/C18H21FN6.2C2HF3O2/c1-12(2)24-7-5-14(6-8-24)25-11-22-17-18(25)23-15(10-21-17)13-3-4-16(19)20-9-13;2*3-2(4,5)1(6)7/h3-4,9-12,14H,5-8H2,1-2H3;2*(H,6,7). The molecular formula is C22H23F7N6O4. The lowest BCUT2D eigenvalue weighted by Crippen LogP contribution is -2.39. The predicted molar refractivity (Wildman–Crippen MR) is 121 cm³/mol. The highest BCUT2D eigenvalue weighted by atomic mass is 19.4. The van der Waals surface area contributed by atoms with Crippen LogP contribution < -0.4 is 0 Å². The third kappa shape index (κ3) is 9.12. The summed E-state index contributed by atoms with van der Waals surface area (Å²) in [5, 5.41) is 14.2. The van der Waals surface area contributed by atoms with Gasteiger partial charge in [0.25, 0.3) is 0 Å². The Bertz CT molecular complexity index is 1230. The Morgan fingerprint density at radius 3 is 1.90 bits per heavy atom. The van der Waals surface area contributed by atoms with E-state index in [4.69, 9.17) is 24.8 Å². The van der Waals surface area contributed by atoms with E-state index in [1.54, 1.807) is 12.3 Å². The fraction of sp³-hybridized carbons (Fsp3) is 0.455. The van der Waals surface area contributed by atoms with Gasteiger partial charge in [-0.3, -0.25) is 0 Å². The Morgan fingerprint density at radius 1 is 0.923 bits per heavy atom. The second kappa shape index (κ2) is 12.8. The molecule has 0 atom stereocenters. The molecule has 1 aliphatic heterocycles. The van der Waals surface area contributed by atoms with Gasteiger partial charge in [-0.15, -0.1) is 0 Å². The summed E-state index contributed by atoms with van der Waals surface area (Å²) in [5.41, 5.74) is 2.86. The van der Waals surface area contributed by atoms with Crippen LogP contribution in [0, 0.1) is 5.95 Å². The first-order valence-electron chi connectivity index (χ1n) is 11.2. The zero-order chi connectivity index (χ0) is 29.5. The van der Waals surface area contributed by atoms with E-state index in [1.807, 2.05) is 6.33 Å². The van der Waals surface area contributed by atoms with Crippen molar-refractivity contribution in [3.8, 4) is 11.3 Å².